The number of rotatable bonds is 7. The summed E-state index contributed by atoms with van der Waals surface area (Å²) >= 11 is 0. The quantitative estimate of drug-likeness (QED) is 0.203. The Hall–Kier alpha value is -5.05. The molecule has 9 heteroatoms. The zero-order chi connectivity index (χ0) is 29.1. The molecule has 0 saturated heterocycles. The minimum Gasteiger partial charge on any atom is -0.478 e. The molecule has 0 radical (unpaired) electrons. The van der Waals surface area contributed by atoms with Crippen molar-refractivity contribution in [3.05, 3.63) is 137 Å². The van der Waals surface area contributed by atoms with Gasteiger partial charge in [0.25, 0.3) is 0 Å². The monoisotopic (exact) mass is 560 g/mol. The normalized spacial score (nSPS) is 11.7. The van der Waals surface area contributed by atoms with Crippen LogP contribution < -0.4 is 0 Å². The molecule has 0 atom stereocenters. The van der Waals surface area contributed by atoms with Gasteiger partial charge >= 0.3 is 12.1 Å². The van der Waals surface area contributed by atoms with Gasteiger partial charge in [-0.1, -0.05) is 54.6 Å². The molecule has 206 valence electrons. The molecule has 4 aromatic carbocycles. The lowest BCUT2D eigenvalue weighted by atomic mass is 10.0. The van der Waals surface area contributed by atoms with Crippen LogP contribution in [0.2, 0.25) is 0 Å². The molecule has 41 heavy (non-hydrogen) atoms. The molecule has 0 aliphatic rings. The number of hydrogen-bond acceptors (Lipinski definition) is 2. The van der Waals surface area contributed by atoms with E-state index in [1.165, 1.54) is 24.3 Å². The van der Waals surface area contributed by atoms with E-state index >= 15 is 0 Å². The van der Waals surface area contributed by atoms with Gasteiger partial charge < -0.3 is 9.67 Å². The number of carbonyl (C=O) groups is 1. The summed E-state index contributed by atoms with van der Waals surface area (Å²) in [6.07, 6.45) is 0.761. The molecule has 0 saturated carbocycles. The Labute approximate surface area is 231 Å². The Morgan fingerprint density at radius 2 is 1.51 bits per heavy atom. The van der Waals surface area contributed by atoms with Crippen LogP contribution in [0.15, 0.2) is 97.2 Å². The van der Waals surface area contributed by atoms with E-state index in [-0.39, 0.29) is 5.56 Å². The number of alkyl halides is 3. The maximum Gasteiger partial charge on any atom is 0.416 e. The number of halogens is 5. The lowest BCUT2D eigenvalue weighted by molar-refractivity contribution is -0.137. The predicted molar refractivity (Wildman–Crippen MR) is 146 cm³/mol. The number of aromatic nitrogens is 2. The predicted octanol–water partition coefficient (Wildman–Crippen LogP) is 8.43. The first-order valence-corrected chi connectivity index (χ1v) is 12.4. The highest BCUT2D eigenvalue weighted by atomic mass is 19.4. The highest BCUT2D eigenvalue weighted by Crippen LogP contribution is 2.32. The first-order chi connectivity index (χ1) is 19.6. The summed E-state index contributed by atoms with van der Waals surface area (Å²) in [5.74, 6) is -2.52. The number of nitrogens with zero attached hydrogens (tertiary/aromatic N) is 2. The van der Waals surface area contributed by atoms with Gasteiger partial charge in [0.2, 0.25) is 0 Å². The van der Waals surface area contributed by atoms with Crippen LogP contribution in [0.1, 0.15) is 32.9 Å². The second kappa shape index (κ2) is 11.2. The van der Waals surface area contributed by atoms with Crippen LogP contribution in [0.5, 0.6) is 0 Å². The third-order valence-electron chi connectivity index (χ3n) is 6.44. The van der Waals surface area contributed by atoms with Crippen LogP contribution in [0, 0.1) is 11.6 Å². The van der Waals surface area contributed by atoms with Crippen molar-refractivity contribution in [3.8, 4) is 22.4 Å². The highest BCUT2D eigenvalue weighted by Gasteiger charge is 2.30. The average molecular weight is 561 g/mol. The van der Waals surface area contributed by atoms with Crippen molar-refractivity contribution < 1.29 is 31.9 Å². The zero-order valence-corrected chi connectivity index (χ0v) is 21.2. The number of benzene rings is 4. The number of imidazole rings is 1. The molecular formula is C32H21F5N2O2. The summed E-state index contributed by atoms with van der Waals surface area (Å²) in [6.45, 7) is 0.324. The number of hydrogen-bond donors (Lipinski definition) is 1. The first-order valence-electron chi connectivity index (χ1n) is 12.4. The van der Waals surface area contributed by atoms with E-state index in [9.17, 15) is 26.7 Å². The van der Waals surface area contributed by atoms with E-state index in [0.717, 1.165) is 35.4 Å². The lowest BCUT2D eigenvalue weighted by Gasteiger charge is -2.09. The molecule has 0 aliphatic carbocycles. The second-order valence-electron chi connectivity index (χ2n) is 9.28. The second-order valence-corrected chi connectivity index (χ2v) is 9.28. The van der Waals surface area contributed by atoms with Gasteiger partial charge in [0, 0.05) is 18.3 Å². The third kappa shape index (κ3) is 6.41. The summed E-state index contributed by atoms with van der Waals surface area (Å²) in [7, 11) is 0. The molecule has 0 fully saturated rings. The van der Waals surface area contributed by atoms with Crippen LogP contribution in [0.25, 0.3) is 34.5 Å². The fourth-order valence-corrected chi connectivity index (χ4v) is 4.27. The van der Waals surface area contributed by atoms with Gasteiger partial charge in [0.05, 0.1) is 16.8 Å². The van der Waals surface area contributed by atoms with Crippen molar-refractivity contribution in [1.82, 2.24) is 9.55 Å². The van der Waals surface area contributed by atoms with E-state index in [4.69, 9.17) is 5.11 Å². The Kier molecular flexibility index (Phi) is 7.52. The van der Waals surface area contributed by atoms with Gasteiger partial charge in [-0.25, -0.2) is 18.6 Å². The molecule has 0 spiro atoms. The van der Waals surface area contributed by atoms with Crippen molar-refractivity contribution in [1.29, 1.82) is 0 Å². The minimum absolute atomic E-state index is 0.149. The maximum atomic E-state index is 13.9. The minimum atomic E-state index is -4.43. The zero-order valence-electron chi connectivity index (χ0n) is 21.2. The van der Waals surface area contributed by atoms with Gasteiger partial charge in [0.15, 0.2) is 11.6 Å². The summed E-state index contributed by atoms with van der Waals surface area (Å²) in [4.78, 5) is 15.8. The van der Waals surface area contributed by atoms with E-state index in [1.54, 1.807) is 65.4 Å². The first kappa shape index (κ1) is 27.5. The Bertz CT molecular complexity index is 1740. The molecule has 5 rings (SSSR count). The molecule has 5 aromatic rings. The fourth-order valence-electron chi connectivity index (χ4n) is 4.27. The Morgan fingerprint density at radius 1 is 0.805 bits per heavy atom. The van der Waals surface area contributed by atoms with Gasteiger partial charge in [-0.05, 0) is 70.8 Å². The fraction of sp³-hybridized carbons (Fsp3) is 0.0625. The molecule has 1 N–H and O–H groups in total. The Balaban J connectivity index is 1.44. The van der Waals surface area contributed by atoms with Crippen molar-refractivity contribution >= 4 is 18.1 Å². The molecule has 1 heterocycles. The molecule has 0 amide bonds. The molecule has 0 bridgehead atoms. The number of carboxylic acids is 1. The molecule has 0 unspecified atom stereocenters. The summed E-state index contributed by atoms with van der Waals surface area (Å²) in [6, 6.07) is 21.9. The standard InChI is InChI=1S/C32H21F5N2O2/c33-27-14-13-25(17-28(27)34)29-19-39(18-21-6-11-23(12-7-21)31(40)41)30(38-29)15-8-20-4-9-22(10-5-20)24-2-1-3-26(16-24)32(35,36)37/h1-17,19H,18H2,(H,40,41). The maximum absolute atomic E-state index is 13.9. The van der Waals surface area contributed by atoms with Gasteiger partial charge in [-0.2, -0.15) is 13.2 Å². The number of carboxylic acid groups (broad SMARTS) is 1. The average Bonchev–Trinajstić information content (AvgIpc) is 3.36. The summed E-state index contributed by atoms with van der Waals surface area (Å²) in [5, 5.41) is 9.16. The third-order valence-corrected chi connectivity index (χ3v) is 6.44. The summed E-state index contributed by atoms with van der Waals surface area (Å²) < 4.78 is 68.5. The van der Waals surface area contributed by atoms with Gasteiger partial charge in [0.1, 0.15) is 5.82 Å². The lowest BCUT2D eigenvalue weighted by Crippen LogP contribution is -2.04. The summed E-state index contributed by atoms with van der Waals surface area (Å²) in [5.41, 5.74) is 2.83. The van der Waals surface area contributed by atoms with E-state index < -0.39 is 29.3 Å². The Morgan fingerprint density at radius 3 is 2.17 bits per heavy atom. The van der Waals surface area contributed by atoms with Crippen molar-refractivity contribution in [2.75, 3.05) is 0 Å². The molecular weight excluding hydrogens is 539 g/mol. The number of aromatic carboxylic acids is 1. The van der Waals surface area contributed by atoms with Crippen molar-refractivity contribution in [2.24, 2.45) is 0 Å². The molecule has 0 aliphatic heterocycles. The molecule has 4 nitrogen and oxygen atoms in total. The van der Waals surface area contributed by atoms with Crippen LogP contribution >= 0.6 is 0 Å². The van der Waals surface area contributed by atoms with Gasteiger partial charge in [-0.3, -0.25) is 0 Å². The SMILES string of the molecule is O=C(O)c1ccc(Cn2cc(-c3ccc(F)c(F)c3)nc2C=Cc2ccc(-c3cccc(C(F)(F)F)c3)cc2)cc1. The smallest absolute Gasteiger partial charge is 0.416 e. The highest BCUT2D eigenvalue weighted by molar-refractivity contribution is 5.87. The van der Waals surface area contributed by atoms with Crippen LogP contribution in [-0.4, -0.2) is 20.6 Å². The van der Waals surface area contributed by atoms with Crippen LogP contribution in [0.3, 0.4) is 0 Å². The van der Waals surface area contributed by atoms with Gasteiger partial charge in [-0.15, -0.1) is 0 Å². The van der Waals surface area contributed by atoms with E-state index in [2.05, 4.69) is 4.98 Å². The van der Waals surface area contributed by atoms with E-state index in [0.29, 0.717) is 34.8 Å². The van der Waals surface area contributed by atoms with Crippen molar-refractivity contribution in [2.45, 2.75) is 12.7 Å². The topological polar surface area (TPSA) is 55.1 Å². The van der Waals surface area contributed by atoms with Crippen LogP contribution in [0.4, 0.5) is 22.0 Å². The van der Waals surface area contributed by atoms with Crippen molar-refractivity contribution in [3.63, 3.8) is 0 Å². The van der Waals surface area contributed by atoms with Crippen LogP contribution in [-0.2, 0) is 12.7 Å². The van der Waals surface area contributed by atoms with E-state index in [1.807, 2.05) is 0 Å². The largest absolute Gasteiger partial charge is 0.478 e. The molecule has 1 aromatic heterocycles.